The summed E-state index contributed by atoms with van der Waals surface area (Å²) in [5.74, 6) is 0.693. The van der Waals surface area contributed by atoms with Gasteiger partial charge in [0.2, 0.25) is 0 Å². The Kier molecular flexibility index (Phi) is 6.60. The molecule has 1 N–H and O–H groups in total. The van der Waals surface area contributed by atoms with Gasteiger partial charge < -0.3 is 5.32 Å². The lowest BCUT2D eigenvalue weighted by Gasteiger charge is -2.31. The number of aromatic nitrogens is 2. The number of amidine groups is 1. The van der Waals surface area contributed by atoms with Crippen LogP contribution in [0.15, 0.2) is 59.3 Å². The number of rotatable bonds is 6. The Balaban J connectivity index is 1.71. The van der Waals surface area contributed by atoms with Gasteiger partial charge in [0.1, 0.15) is 5.84 Å². The fourth-order valence-electron chi connectivity index (χ4n) is 3.61. The number of hydrogen-bond donors (Lipinski definition) is 1. The number of nitrogens with one attached hydrogen (secondary N) is 1. The van der Waals surface area contributed by atoms with Gasteiger partial charge in [0, 0.05) is 30.6 Å². The van der Waals surface area contributed by atoms with Crippen LogP contribution in [0.1, 0.15) is 60.4 Å². The smallest absolute Gasteiger partial charge is 0.127 e. The molecule has 1 aliphatic rings. The van der Waals surface area contributed by atoms with Crippen molar-refractivity contribution >= 4 is 12.6 Å². The molecule has 3 heterocycles. The quantitative estimate of drug-likeness (QED) is 0.608. The molecule has 1 saturated heterocycles. The first kappa shape index (κ1) is 19.1. The van der Waals surface area contributed by atoms with Gasteiger partial charge >= 0.3 is 0 Å². The molecule has 0 radical (unpaired) electrons. The van der Waals surface area contributed by atoms with E-state index in [1.54, 1.807) is 0 Å². The first-order valence-corrected chi connectivity index (χ1v) is 9.49. The van der Waals surface area contributed by atoms with Crippen molar-refractivity contribution in [2.24, 2.45) is 9.98 Å². The Bertz CT molecular complexity index is 827. The minimum atomic E-state index is 0.254. The molecule has 1 aliphatic heterocycles. The second-order valence-electron chi connectivity index (χ2n) is 6.85. The molecule has 0 spiro atoms. The number of hydrogen-bond acceptors (Lipinski definition) is 4. The molecule has 2 atom stereocenters. The Morgan fingerprint density at radius 1 is 1.26 bits per heavy atom. The zero-order chi connectivity index (χ0) is 19.1. The number of nitrogens with zero attached hydrogens (tertiary/aromatic N) is 4. The zero-order valence-corrected chi connectivity index (χ0v) is 15.9. The highest BCUT2D eigenvalue weighted by atomic mass is 15.0. The maximum atomic E-state index is 4.89. The summed E-state index contributed by atoms with van der Waals surface area (Å²) in [5.41, 5.74) is 4.54. The standard InChI is InChI=1S/C22H27N5/c1-4-24-21(23-3)14-13-17-9-5-10-18(26-17)19-11-6-12-20(27-19)22-16(2)8-7-15-25-22/h4-5,7-10,15,19-20,27H,1,3,6,11-14H2,2H3/t19?,20-/m0/s1. The van der Waals surface area contributed by atoms with E-state index in [0.29, 0.717) is 12.3 Å². The molecule has 5 heteroatoms. The molecule has 1 fully saturated rings. The van der Waals surface area contributed by atoms with Crippen LogP contribution in [0.2, 0.25) is 0 Å². The molecule has 1 unspecified atom stereocenters. The van der Waals surface area contributed by atoms with Crippen LogP contribution >= 0.6 is 0 Å². The van der Waals surface area contributed by atoms with Crippen molar-refractivity contribution in [3.63, 3.8) is 0 Å². The Labute approximate surface area is 161 Å². The monoisotopic (exact) mass is 361 g/mol. The average Bonchev–Trinajstić information content (AvgIpc) is 2.72. The molecule has 0 bridgehead atoms. The van der Waals surface area contributed by atoms with Crippen LogP contribution in [0.5, 0.6) is 0 Å². The van der Waals surface area contributed by atoms with Crippen LogP contribution in [0.3, 0.4) is 0 Å². The highest BCUT2D eigenvalue weighted by molar-refractivity contribution is 5.86. The van der Waals surface area contributed by atoms with Crippen LogP contribution in [-0.2, 0) is 6.42 Å². The summed E-state index contributed by atoms with van der Waals surface area (Å²) in [6.07, 6.45) is 8.24. The lowest BCUT2D eigenvalue weighted by molar-refractivity contribution is 0.320. The number of aryl methyl sites for hydroxylation is 2. The SMILES string of the molecule is C=CN=C(CCc1cccc(C2CCC[C@@H](c3ncccc3C)N2)n1)N=C. The molecule has 0 saturated carbocycles. The number of pyridine rings is 2. The summed E-state index contributed by atoms with van der Waals surface area (Å²) in [6, 6.07) is 10.9. The summed E-state index contributed by atoms with van der Waals surface area (Å²) in [5, 5.41) is 3.76. The topological polar surface area (TPSA) is 62.5 Å². The summed E-state index contributed by atoms with van der Waals surface area (Å²) < 4.78 is 0. The van der Waals surface area contributed by atoms with E-state index < -0.39 is 0 Å². The lowest BCUT2D eigenvalue weighted by Crippen LogP contribution is -2.32. The van der Waals surface area contributed by atoms with Crippen LogP contribution in [0.25, 0.3) is 0 Å². The van der Waals surface area contributed by atoms with Crippen molar-refractivity contribution in [2.45, 2.75) is 51.1 Å². The van der Waals surface area contributed by atoms with Gasteiger partial charge in [-0.2, -0.15) is 0 Å². The normalized spacial score (nSPS) is 20.3. The van der Waals surface area contributed by atoms with E-state index in [0.717, 1.165) is 36.3 Å². The lowest BCUT2D eigenvalue weighted by atomic mass is 9.92. The molecule has 27 heavy (non-hydrogen) atoms. The number of aliphatic imine (C=N–C) groups is 2. The van der Waals surface area contributed by atoms with Crippen LogP contribution < -0.4 is 5.32 Å². The molecule has 3 rings (SSSR count). The average molecular weight is 361 g/mol. The van der Waals surface area contributed by atoms with Gasteiger partial charge in [-0.3, -0.25) is 9.97 Å². The van der Waals surface area contributed by atoms with E-state index in [1.165, 1.54) is 18.2 Å². The van der Waals surface area contributed by atoms with Crippen molar-refractivity contribution in [1.29, 1.82) is 0 Å². The Hall–Kier alpha value is -2.66. The van der Waals surface area contributed by atoms with Gasteiger partial charge in [-0.1, -0.05) is 18.7 Å². The summed E-state index contributed by atoms with van der Waals surface area (Å²) in [7, 11) is 0. The fraction of sp³-hybridized carbons (Fsp3) is 0.364. The van der Waals surface area contributed by atoms with Crippen molar-refractivity contribution in [3.05, 3.63) is 72.0 Å². The molecule has 2 aromatic rings. The molecule has 5 nitrogen and oxygen atoms in total. The third-order valence-electron chi connectivity index (χ3n) is 4.98. The molecular weight excluding hydrogens is 334 g/mol. The molecular formula is C22H27N5. The minimum Gasteiger partial charge on any atom is -0.300 e. The van der Waals surface area contributed by atoms with Gasteiger partial charge in [0.15, 0.2) is 0 Å². The van der Waals surface area contributed by atoms with Crippen LogP contribution in [-0.4, -0.2) is 22.5 Å². The first-order valence-electron chi connectivity index (χ1n) is 9.49. The minimum absolute atomic E-state index is 0.254. The predicted molar refractivity (Wildman–Crippen MR) is 111 cm³/mol. The zero-order valence-electron chi connectivity index (χ0n) is 15.9. The van der Waals surface area contributed by atoms with Gasteiger partial charge in [0.25, 0.3) is 0 Å². The third-order valence-corrected chi connectivity index (χ3v) is 4.98. The first-order chi connectivity index (χ1) is 13.2. The summed E-state index contributed by atoms with van der Waals surface area (Å²) >= 11 is 0. The van der Waals surface area contributed by atoms with Crippen molar-refractivity contribution in [1.82, 2.24) is 15.3 Å². The molecule has 0 aliphatic carbocycles. The largest absolute Gasteiger partial charge is 0.300 e. The molecule has 0 aromatic carbocycles. The number of piperidine rings is 1. The molecule has 0 amide bonds. The van der Waals surface area contributed by atoms with E-state index in [4.69, 9.17) is 4.98 Å². The second-order valence-corrected chi connectivity index (χ2v) is 6.85. The van der Waals surface area contributed by atoms with E-state index >= 15 is 0 Å². The third kappa shape index (κ3) is 4.95. The van der Waals surface area contributed by atoms with Gasteiger partial charge in [-0.25, -0.2) is 9.98 Å². The van der Waals surface area contributed by atoms with E-state index in [1.807, 2.05) is 12.3 Å². The van der Waals surface area contributed by atoms with Gasteiger partial charge in [-0.15, -0.1) is 0 Å². The Morgan fingerprint density at radius 3 is 2.89 bits per heavy atom. The van der Waals surface area contributed by atoms with Crippen molar-refractivity contribution in [3.8, 4) is 0 Å². The van der Waals surface area contributed by atoms with Crippen LogP contribution in [0.4, 0.5) is 0 Å². The predicted octanol–water partition coefficient (Wildman–Crippen LogP) is 4.52. The second kappa shape index (κ2) is 9.33. The van der Waals surface area contributed by atoms with Crippen LogP contribution in [0, 0.1) is 6.92 Å². The summed E-state index contributed by atoms with van der Waals surface area (Å²) in [6.45, 7) is 9.30. The van der Waals surface area contributed by atoms with Gasteiger partial charge in [-0.05, 0) is 63.1 Å². The van der Waals surface area contributed by atoms with Crippen molar-refractivity contribution in [2.75, 3.05) is 0 Å². The molecule has 2 aromatic heterocycles. The van der Waals surface area contributed by atoms with Crippen molar-refractivity contribution < 1.29 is 0 Å². The van der Waals surface area contributed by atoms with E-state index in [-0.39, 0.29) is 12.1 Å². The maximum Gasteiger partial charge on any atom is 0.127 e. The summed E-state index contributed by atoms with van der Waals surface area (Å²) in [4.78, 5) is 17.6. The van der Waals surface area contributed by atoms with Gasteiger partial charge in [0.05, 0.1) is 17.4 Å². The van der Waals surface area contributed by atoms with E-state index in [9.17, 15) is 0 Å². The highest BCUT2D eigenvalue weighted by Gasteiger charge is 2.26. The fourth-order valence-corrected chi connectivity index (χ4v) is 3.61. The highest BCUT2D eigenvalue weighted by Crippen LogP contribution is 2.32. The molecule has 140 valence electrons. The Morgan fingerprint density at radius 2 is 2.11 bits per heavy atom. The maximum absolute atomic E-state index is 4.89. The van der Waals surface area contributed by atoms with E-state index in [2.05, 4.69) is 64.8 Å².